The largest absolute Gasteiger partial charge is 0.328 e. The normalized spacial score (nSPS) is 15.7. The van der Waals surface area contributed by atoms with Crippen molar-refractivity contribution in [3.05, 3.63) is 45.7 Å². The van der Waals surface area contributed by atoms with Gasteiger partial charge in [-0.25, -0.2) is 14.4 Å². The van der Waals surface area contributed by atoms with E-state index in [1.807, 2.05) is 17.9 Å². The van der Waals surface area contributed by atoms with Gasteiger partial charge in [0.2, 0.25) is 0 Å². The van der Waals surface area contributed by atoms with Crippen LogP contribution in [0.25, 0.3) is 5.70 Å². The molecule has 1 aromatic heterocycles. The van der Waals surface area contributed by atoms with Crippen LogP contribution in [-0.4, -0.2) is 21.8 Å². The molecule has 5 heteroatoms. The van der Waals surface area contributed by atoms with Crippen molar-refractivity contribution in [3.63, 3.8) is 0 Å². The quantitative estimate of drug-likeness (QED) is 0.584. The molecule has 0 unspecified atom stereocenters. The van der Waals surface area contributed by atoms with Gasteiger partial charge in [0.15, 0.2) is 5.82 Å². The van der Waals surface area contributed by atoms with Gasteiger partial charge in [0, 0.05) is 17.3 Å². The zero-order chi connectivity index (χ0) is 14.2. The van der Waals surface area contributed by atoms with Gasteiger partial charge >= 0.3 is 0 Å². The monoisotopic (exact) mass is 371 g/mol. The molecule has 0 amide bonds. The lowest BCUT2D eigenvalue weighted by atomic mass is 10.1. The Morgan fingerprint density at radius 2 is 2.11 bits per heavy atom. The summed E-state index contributed by atoms with van der Waals surface area (Å²) in [5.41, 5.74) is 1.88. The third kappa shape index (κ3) is 2.86. The Morgan fingerprint density at radius 1 is 1.42 bits per heavy atom. The molecule has 0 radical (unpaired) electrons. The van der Waals surface area contributed by atoms with Crippen LogP contribution in [0.1, 0.15) is 26.3 Å². The van der Waals surface area contributed by atoms with E-state index in [0.717, 1.165) is 15.2 Å². The van der Waals surface area contributed by atoms with Crippen molar-refractivity contribution in [2.24, 2.45) is 4.99 Å². The van der Waals surface area contributed by atoms with E-state index in [9.17, 15) is 4.39 Å². The highest BCUT2D eigenvalue weighted by molar-refractivity contribution is 14.1. The van der Waals surface area contributed by atoms with Gasteiger partial charge in [0.25, 0.3) is 0 Å². The van der Waals surface area contributed by atoms with Crippen molar-refractivity contribution in [2.75, 3.05) is 0 Å². The fourth-order valence-corrected chi connectivity index (χ4v) is 2.60. The first-order valence-corrected chi connectivity index (χ1v) is 7.04. The van der Waals surface area contributed by atoms with Gasteiger partial charge < -0.3 is 4.90 Å². The Hall–Kier alpha value is -1.24. The molecule has 0 N–H and O–H groups in total. The van der Waals surface area contributed by atoms with Gasteiger partial charge in [-0.3, -0.25) is 0 Å². The lowest BCUT2D eigenvalue weighted by Crippen LogP contribution is -2.35. The van der Waals surface area contributed by atoms with Gasteiger partial charge in [0.1, 0.15) is 9.54 Å². The Morgan fingerprint density at radius 3 is 2.68 bits per heavy atom. The molecule has 100 valence electrons. The molecule has 0 fully saturated rings. The standard InChI is InChI=1S/C14H15FIN3/c1-8(2)19-9(3)5-13(18-10(19)4)11-6-14(16)17-7-12(11)15/h5-8H,3H2,1-2,4H3. The maximum atomic E-state index is 13.8. The topological polar surface area (TPSA) is 28.5 Å². The number of aromatic nitrogens is 1. The second kappa shape index (κ2) is 5.40. The number of allylic oxidation sites excluding steroid dienone is 1. The minimum atomic E-state index is -0.367. The summed E-state index contributed by atoms with van der Waals surface area (Å²) in [6.45, 7) is 10.1. The van der Waals surface area contributed by atoms with Crippen LogP contribution in [0, 0.1) is 9.52 Å². The van der Waals surface area contributed by atoms with Gasteiger partial charge in [-0.1, -0.05) is 6.58 Å². The maximum Gasteiger partial charge on any atom is 0.150 e. The Kier molecular flexibility index (Phi) is 4.03. The number of hydrogen-bond donors (Lipinski definition) is 0. The number of pyridine rings is 1. The fraction of sp³-hybridized carbons (Fsp3) is 0.286. The summed E-state index contributed by atoms with van der Waals surface area (Å²) in [5, 5.41) is 0. The van der Waals surface area contributed by atoms with Crippen LogP contribution >= 0.6 is 22.6 Å². The third-order valence-corrected chi connectivity index (χ3v) is 3.45. The summed E-state index contributed by atoms with van der Waals surface area (Å²) < 4.78 is 14.6. The molecule has 0 aliphatic carbocycles. The fourth-order valence-electron chi connectivity index (χ4n) is 2.15. The summed E-state index contributed by atoms with van der Waals surface area (Å²) in [6, 6.07) is 1.97. The maximum absolute atomic E-state index is 13.8. The Bertz CT molecular complexity index is 590. The minimum absolute atomic E-state index is 0.275. The summed E-state index contributed by atoms with van der Waals surface area (Å²) in [6.07, 6.45) is 3.03. The molecule has 0 spiro atoms. The summed E-state index contributed by atoms with van der Waals surface area (Å²) >= 11 is 2.06. The predicted octanol–water partition coefficient (Wildman–Crippen LogP) is 3.82. The summed E-state index contributed by atoms with van der Waals surface area (Å²) in [4.78, 5) is 10.4. The van der Waals surface area contributed by atoms with Crippen molar-refractivity contribution in [1.82, 2.24) is 9.88 Å². The summed E-state index contributed by atoms with van der Waals surface area (Å²) in [5.74, 6) is 0.456. The molecule has 2 heterocycles. The highest BCUT2D eigenvalue weighted by Gasteiger charge is 2.20. The van der Waals surface area contributed by atoms with E-state index in [2.05, 4.69) is 53.0 Å². The molecule has 1 aromatic rings. The lowest BCUT2D eigenvalue weighted by molar-refractivity contribution is 0.433. The van der Waals surface area contributed by atoms with Crippen molar-refractivity contribution in [3.8, 4) is 0 Å². The first-order chi connectivity index (χ1) is 8.90. The van der Waals surface area contributed by atoms with Crippen LogP contribution in [0.2, 0.25) is 0 Å². The van der Waals surface area contributed by atoms with Crippen molar-refractivity contribution in [2.45, 2.75) is 26.8 Å². The highest BCUT2D eigenvalue weighted by Crippen LogP contribution is 2.27. The van der Waals surface area contributed by atoms with E-state index in [0.29, 0.717) is 11.3 Å². The number of amidine groups is 1. The molecular weight excluding hydrogens is 356 g/mol. The van der Waals surface area contributed by atoms with Crippen LogP contribution in [0.15, 0.2) is 35.6 Å². The zero-order valence-electron chi connectivity index (χ0n) is 11.1. The van der Waals surface area contributed by atoms with Crippen molar-refractivity contribution in [1.29, 1.82) is 0 Å². The van der Waals surface area contributed by atoms with E-state index in [1.54, 1.807) is 6.07 Å². The first-order valence-electron chi connectivity index (χ1n) is 5.96. The molecule has 1 aliphatic heterocycles. The minimum Gasteiger partial charge on any atom is -0.328 e. The summed E-state index contributed by atoms with van der Waals surface area (Å²) in [7, 11) is 0. The van der Waals surface area contributed by atoms with E-state index in [1.165, 1.54) is 6.20 Å². The van der Waals surface area contributed by atoms with Gasteiger partial charge in [0.05, 0.1) is 11.9 Å². The van der Waals surface area contributed by atoms with E-state index in [-0.39, 0.29) is 11.9 Å². The second-order valence-electron chi connectivity index (χ2n) is 4.63. The molecule has 1 aliphatic rings. The Labute approximate surface area is 126 Å². The van der Waals surface area contributed by atoms with Gasteiger partial charge in [-0.15, -0.1) is 0 Å². The van der Waals surface area contributed by atoms with Crippen LogP contribution in [0.5, 0.6) is 0 Å². The average Bonchev–Trinajstić information content (AvgIpc) is 2.30. The lowest BCUT2D eigenvalue weighted by Gasteiger charge is -2.32. The number of nitrogens with zero attached hydrogens (tertiary/aromatic N) is 3. The number of hydrogen-bond acceptors (Lipinski definition) is 3. The zero-order valence-corrected chi connectivity index (χ0v) is 13.3. The number of halogens is 2. The molecule has 0 saturated carbocycles. The van der Waals surface area contributed by atoms with Gasteiger partial charge in [-0.05, 0) is 55.5 Å². The molecule has 19 heavy (non-hydrogen) atoms. The third-order valence-electron chi connectivity index (χ3n) is 2.86. The van der Waals surface area contributed by atoms with Crippen molar-refractivity contribution >= 4 is 34.1 Å². The molecule has 0 bridgehead atoms. The van der Waals surface area contributed by atoms with E-state index in [4.69, 9.17) is 0 Å². The average molecular weight is 371 g/mol. The molecule has 3 nitrogen and oxygen atoms in total. The highest BCUT2D eigenvalue weighted by atomic mass is 127. The Balaban J connectivity index is 2.46. The number of aliphatic imine (C=N–C) groups is 1. The van der Waals surface area contributed by atoms with E-state index < -0.39 is 0 Å². The SMILES string of the molecule is C=C1C=C(c2cc(I)ncc2F)N=C(C)N1C(C)C. The second-order valence-corrected chi connectivity index (χ2v) is 5.74. The van der Waals surface area contributed by atoms with E-state index >= 15 is 0 Å². The smallest absolute Gasteiger partial charge is 0.150 e. The van der Waals surface area contributed by atoms with Crippen LogP contribution in [0.4, 0.5) is 4.39 Å². The van der Waals surface area contributed by atoms with Gasteiger partial charge in [-0.2, -0.15) is 0 Å². The van der Waals surface area contributed by atoms with Crippen LogP contribution in [-0.2, 0) is 0 Å². The molecular formula is C14H15FIN3. The van der Waals surface area contributed by atoms with Crippen LogP contribution in [0.3, 0.4) is 0 Å². The first kappa shape index (κ1) is 14.2. The molecule has 0 saturated heterocycles. The molecule has 0 aromatic carbocycles. The predicted molar refractivity (Wildman–Crippen MR) is 84.1 cm³/mol. The van der Waals surface area contributed by atoms with Crippen LogP contribution < -0.4 is 0 Å². The van der Waals surface area contributed by atoms with Crippen molar-refractivity contribution < 1.29 is 4.39 Å². The molecule has 2 rings (SSSR count). The molecule has 0 atom stereocenters. The number of rotatable bonds is 2.